The van der Waals surface area contributed by atoms with Crippen LogP contribution in [-0.4, -0.2) is 59.6 Å². The molecule has 1 aromatic heterocycles. The number of hydrogen-bond acceptors (Lipinski definition) is 3. The first-order valence-electron chi connectivity index (χ1n) is 7.33. The number of quaternary nitrogens is 1. The number of aromatic nitrogens is 2. The molecule has 4 nitrogen and oxygen atoms in total. The van der Waals surface area contributed by atoms with Crippen molar-refractivity contribution >= 4 is 0 Å². The number of piperidine rings is 1. The van der Waals surface area contributed by atoms with E-state index in [0.717, 1.165) is 29.0 Å². The molecule has 0 saturated carbocycles. The minimum Gasteiger partial charge on any atom is -0.328 e. The molecule has 0 radical (unpaired) electrons. The topological polar surface area (TPSA) is 29.0 Å². The second-order valence-electron chi connectivity index (χ2n) is 6.35. The summed E-state index contributed by atoms with van der Waals surface area (Å²) in [4.78, 5) is 11.3. The van der Waals surface area contributed by atoms with E-state index in [9.17, 15) is 0 Å². The molecule has 0 unspecified atom stereocenters. The van der Waals surface area contributed by atoms with Crippen molar-refractivity contribution in [2.75, 3.05) is 34.2 Å². The zero-order valence-electron chi connectivity index (χ0n) is 12.8. The Kier molecular flexibility index (Phi) is 4.53. The molecule has 0 aliphatic carbocycles. The quantitative estimate of drug-likeness (QED) is 0.774. The van der Waals surface area contributed by atoms with E-state index < -0.39 is 0 Å². The fourth-order valence-corrected chi connectivity index (χ4v) is 2.78. The van der Waals surface area contributed by atoms with Gasteiger partial charge in [0.2, 0.25) is 0 Å². The smallest absolute Gasteiger partial charge is 0.128 e. The largest absolute Gasteiger partial charge is 0.328 e. The molecule has 0 amide bonds. The molecule has 0 aromatic carbocycles. The molecular weight excluding hydrogens is 236 g/mol. The molecule has 19 heavy (non-hydrogen) atoms. The number of likely N-dealkylation sites (tertiary alicyclic amines) is 1. The second-order valence-corrected chi connectivity index (χ2v) is 6.35. The lowest BCUT2D eigenvalue weighted by molar-refractivity contribution is -0.895. The van der Waals surface area contributed by atoms with Gasteiger partial charge in [0.05, 0.1) is 32.9 Å². The van der Waals surface area contributed by atoms with Crippen LogP contribution in [0.25, 0.3) is 0 Å². The maximum atomic E-state index is 4.60. The zero-order chi connectivity index (χ0) is 13.9. The summed E-state index contributed by atoms with van der Waals surface area (Å²) in [5, 5.41) is 0. The van der Waals surface area contributed by atoms with Gasteiger partial charge in [-0.2, -0.15) is 0 Å². The van der Waals surface area contributed by atoms with Crippen LogP contribution < -0.4 is 0 Å². The highest BCUT2D eigenvalue weighted by atomic mass is 15.3. The summed E-state index contributed by atoms with van der Waals surface area (Å²) < 4.78 is 1.16. The van der Waals surface area contributed by atoms with E-state index in [2.05, 4.69) is 42.9 Å². The van der Waals surface area contributed by atoms with E-state index in [1.54, 1.807) is 0 Å². The summed E-state index contributed by atoms with van der Waals surface area (Å²) >= 11 is 0. The highest BCUT2D eigenvalue weighted by Crippen LogP contribution is 2.19. The summed E-state index contributed by atoms with van der Waals surface area (Å²) in [7, 11) is 6.88. The number of nitrogens with zero attached hydrogens (tertiary/aromatic N) is 4. The molecule has 1 aliphatic rings. The molecule has 2 heterocycles. The Balaban J connectivity index is 1.92. The van der Waals surface area contributed by atoms with Gasteiger partial charge in [0.25, 0.3) is 0 Å². The van der Waals surface area contributed by atoms with Crippen molar-refractivity contribution in [3.05, 3.63) is 23.8 Å². The average molecular weight is 263 g/mol. The van der Waals surface area contributed by atoms with Gasteiger partial charge in [0.15, 0.2) is 0 Å². The van der Waals surface area contributed by atoms with Gasteiger partial charge < -0.3 is 4.48 Å². The predicted octanol–water partition coefficient (Wildman–Crippen LogP) is 1.71. The monoisotopic (exact) mass is 263 g/mol. The van der Waals surface area contributed by atoms with Crippen LogP contribution in [0.3, 0.4) is 0 Å². The third kappa shape index (κ3) is 3.98. The third-order valence-electron chi connectivity index (χ3n) is 4.25. The molecule has 2 rings (SSSR count). The Labute approximate surface area is 117 Å². The van der Waals surface area contributed by atoms with Crippen molar-refractivity contribution in [3.63, 3.8) is 0 Å². The van der Waals surface area contributed by atoms with Gasteiger partial charge in [-0.05, 0) is 13.1 Å². The van der Waals surface area contributed by atoms with Crippen LogP contribution in [0, 0.1) is 0 Å². The number of hydrogen-bond donors (Lipinski definition) is 0. The van der Waals surface area contributed by atoms with Gasteiger partial charge in [-0.3, -0.25) is 4.90 Å². The normalized spacial score (nSPS) is 19.8. The molecule has 1 fully saturated rings. The Hall–Kier alpha value is -1.00. The van der Waals surface area contributed by atoms with Crippen LogP contribution in [0.15, 0.2) is 12.3 Å². The predicted molar refractivity (Wildman–Crippen MR) is 77.7 cm³/mol. The molecule has 106 valence electrons. The van der Waals surface area contributed by atoms with Crippen molar-refractivity contribution in [2.24, 2.45) is 0 Å². The summed E-state index contributed by atoms with van der Waals surface area (Å²) in [5.41, 5.74) is 1.15. The maximum Gasteiger partial charge on any atom is 0.128 e. The molecule has 1 saturated heterocycles. The van der Waals surface area contributed by atoms with E-state index in [0.29, 0.717) is 6.04 Å². The Bertz CT molecular complexity index is 406. The molecule has 1 aromatic rings. The van der Waals surface area contributed by atoms with Gasteiger partial charge in [-0.1, -0.05) is 6.92 Å². The van der Waals surface area contributed by atoms with Crippen molar-refractivity contribution in [1.29, 1.82) is 0 Å². The van der Waals surface area contributed by atoms with Gasteiger partial charge >= 0.3 is 0 Å². The Morgan fingerprint density at radius 3 is 2.63 bits per heavy atom. The van der Waals surface area contributed by atoms with Crippen LogP contribution in [0.1, 0.15) is 31.3 Å². The van der Waals surface area contributed by atoms with Gasteiger partial charge in [-0.25, -0.2) is 9.97 Å². The van der Waals surface area contributed by atoms with E-state index in [1.165, 1.54) is 25.9 Å². The highest BCUT2D eigenvalue weighted by Gasteiger charge is 2.28. The first kappa shape index (κ1) is 14.4. The Morgan fingerprint density at radius 1 is 1.32 bits per heavy atom. The molecule has 1 aliphatic heterocycles. The summed E-state index contributed by atoms with van der Waals surface area (Å²) in [6, 6.07) is 2.74. The molecule has 0 N–H and O–H groups in total. The molecule has 4 heteroatoms. The fraction of sp³-hybridized carbons (Fsp3) is 0.733. The molecule has 0 bridgehead atoms. The van der Waals surface area contributed by atoms with Crippen LogP contribution in [0.4, 0.5) is 0 Å². The number of rotatable bonds is 4. The SMILES string of the molecule is CCc1nccc(CN(C)C2CC[N+](C)(C)CC2)n1. The molecular formula is C15H27N4+. The molecule has 0 atom stereocenters. The first-order valence-corrected chi connectivity index (χ1v) is 7.33. The van der Waals surface area contributed by atoms with Gasteiger partial charge in [0.1, 0.15) is 5.82 Å². The average Bonchev–Trinajstić information content (AvgIpc) is 2.38. The van der Waals surface area contributed by atoms with E-state index in [1.807, 2.05) is 12.3 Å². The van der Waals surface area contributed by atoms with Crippen molar-refractivity contribution in [2.45, 2.75) is 38.8 Å². The van der Waals surface area contributed by atoms with Crippen LogP contribution in [0.2, 0.25) is 0 Å². The Morgan fingerprint density at radius 2 is 2.00 bits per heavy atom. The van der Waals surface area contributed by atoms with Crippen molar-refractivity contribution in [1.82, 2.24) is 14.9 Å². The second kappa shape index (κ2) is 5.97. The van der Waals surface area contributed by atoms with Crippen molar-refractivity contribution in [3.8, 4) is 0 Å². The molecule has 0 spiro atoms. The minimum absolute atomic E-state index is 0.700. The van der Waals surface area contributed by atoms with Gasteiger partial charge in [-0.15, -0.1) is 0 Å². The summed E-state index contributed by atoms with van der Waals surface area (Å²) in [6.07, 6.45) is 5.37. The first-order chi connectivity index (χ1) is 9.00. The summed E-state index contributed by atoms with van der Waals surface area (Å²) in [6.45, 7) is 5.59. The third-order valence-corrected chi connectivity index (χ3v) is 4.25. The van der Waals surface area contributed by atoms with Crippen molar-refractivity contribution < 1.29 is 4.48 Å². The lowest BCUT2D eigenvalue weighted by Crippen LogP contribution is -2.50. The van der Waals surface area contributed by atoms with E-state index in [-0.39, 0.29) is 0 Å². The lowest BCUT2D eigenvalue weighted by Gasteiger charge is -2.40. The van der Waals surface area contributed by atoms with E-state index >= 15 is 0 Å². The fourth-order valence-electron chi connectivity index (χ4n) is 2.78. The summed E-state index contributed by atoms with van der Waals surface area (Å²) in [5.74, 6) is 0.951. The van der Waals surface area contributed by atoms with E-state index in [4.69, 9.17) is 0 Å². The van der Waals surface area contributed by atoms with Crippen LogP contribution in [-0.2, 0) is 13.0 Å². The zero-order valence-corrected chi connectivity index (χ0v) is 12.8. The van der Waals surface area contributed by atoms with Crippen LogP contribution >= 0.6 is 0 Å². The minimum atomic E-state index is 0.700. The standard InChI is InChI=1S/C15H27N4/c1-5-15-16-9-6-13(17-15)12-18(2)14-7-10-19(3,4)11-8-14/h6,9,14H,5,7-8,10-12H2,1-4H3/q+1. The maximum absolute atomic E-state index is 4.60. The van der Waals surface area contributed by atoms with Crippen LogP contribution in [0.5, 0.6) is 0 Å². The van der Waals surface area contributed by atoms with Gasteiger partial charge in [0, 0.05) is 38.0 Å². The highest BCUT2D eigenvalue weighted by molar-refractivity contribution is 5.02. The number of aryl methyl sites for hydroxylation is 1. The lowest BCUT2D eigenvalue weighted by atomic mass is 10.0.